The fourth-order valence-corrected chi connectivity index (χ4v) is 3.16. The molecular formula is C16H25NO3S. The highest BCUT2D eigenvalue weighted by Gasteiger charge is 2.35. The molecule has 0 aliphatic heterocycles. The molecule has 1 rings (SSSR count). The Bertz CT molecular complexity index is 465. The lowest BCUT2D eigenvalue weighted by atomic mass is 10.0. The van der Waals surface area contributed by atoms with E-state index in [1.807, 2.05) is 52.0 Å². The molecule has 0 radical (unpaired) electrons. The van der Waals surface area contributed by atoms with Gasteiger partial charge in [0.15, 0.2) is 0 Å². The second-order valence-corrected chi connectivity index (χ2v) is 6.31. The van der Waals surface area contributed by atoms with E-state index in [2.05, 4.69) is 5.32 Å². The third-order valence-corrected chi connectivity index (χ3v) is 4.29. The monoisotopic (exact) mass is 311 g/mol. The fraction of sp³-hybridized carbons (Fsp3) is 0.562. The van der Waals surface area contributed by atoms with Crippen molar-refractivity contribution >= 4 is 17.7 Å². The molecule has 1 aromatic carbocycles. The number of ether oxygens (including phenoxy) is 2. The molecule has 21 heavy (non-hydrogen) atoms. The van der Waals surface area contributed by atoms with E-state index in [1.54, 1.807) is 18.9 Å². The van der Waals surface area contributed by atoms with E-state index in [-0.39, 0.29) is 12.0 Å². The van der Waals surface area contributed by atoms with Crippen LogP contribution in [0, 0.1) is 0 Å². The van der Waals surface area contributed by atoms with Gasteiger partial charge in [0.2, 0.25) is 0 Å². The number of esters is 1. The van der Waals surface area contributed by atoms with Gasteiger partial charge in [0.05, 0.1) is 13.7 Å². The maximum absolute atomic E-state index is 12.2. The zero-order valence-electron chi connectivity index (χ0n) is 13.4. The van der Waals surface area contributed by atoms with Crippen molar-refractivity contribution in [3.63, 3.8) is 0 Å². The summed E-state index contributed by atoms with van der Waals surface area (Å²) in [4.78, 5) is 13.3. The molecule has 0 fully saturated rings. The summed E-state index contributed by atoms with van der Waals surface area (Å²) in [5.74, 6) is 1.17. The third kappa shape index (κ3) is 5.25. The molecular weight excluding hydrogens is 286 g/mol. The predicted octanol–water partition coefficient (Wildman–Crippen LogP) is 3.11. The lowest BCUT2D eigenvalue weighted by Gasteiger charge is -2.30. The normalized spacial score (nSPS) is 13.8. The highest BCUT2D eigenvalue weighted by Crippen LogP contribution is 2.31. The van der Waals surface area contributed by atoms with Crippen LogP contribution in [0.25, 0.3) is 0 Å². The molecule has 0 amide bonds. The van der Waals surface area contributed by atoms with Crippen molar-refractivity contribution in [1.82, 2.24) is 5.32 Å². The average Bonchev–Trinajstić information content (AvgIpc) is 2.45. The van der Waals surface area contributed by atoms with E-state index in [9.17, 15) is 4.79 Å². The van der Waals surface area contributed by atoms with E-state index in [0.717, 1.165) is 10.6 Å². The third-order valence-electron chi connectivity index (χ3n) is 2.92. The van der Waals surface area contributed by atoms with Gasteiger partial charge < -0.3 is 9.47 Å². The van der Waals surface area contributed by atoms with Gasteiger partial charge in [-0.2, -0.15) is 0 Å². The fourth-order valence-electron chi connectivity index (χ4n) is 2.05. The van der Waals surface area contributed by atoms with Crippen LogP contribution in [0.15, 0.2) is 29.2 Å². The zero-order valence-corrected chi connectivity index (χ0v) is 14.3. The van der Waals surface area contributed by atoms with Crippen molar-refractivity contribution in [3.8, 4) is 5.75 Å². The molecule has 118 valence electrons. The van der Waals surface area contributed by atoms with E-state index >= 15 is 0 Å². The molecule has 0 bridgehead atoms. The van der Waals surface area contributed by atoms with Gasteiger partial charge in [-0.25, -0.2) is 0 Å². The number of hydrogen-bond donors (Lipinski definition) is 1. The Morgan fingerprint density at radius 3 is 2.62 bits per heavy atom. The first-order valence-electron chi connectivity index (χ1n) is 7.13. The molecule has 1 atom stereocenters. The van der Waals surface area contributed by atoms with Crippen LogP contribution in [0.5, 0.6) is 5.75 Å². The Balaban J connectivity index is 2.84. The van der Waals surface area contributed by atoms with Gasteiger partial charge in [-0.15, -0.1) is 11.8 Å². The first kappa shape index (κ1) is 17.9. The van der Waals surface area contributed by atoms with Crippen LogP contribution in [0.2, 0.25) is 0 Å². The minimum absolute atomic E-state index is 0.192. The molecule has 0 spiro atoms. The second kappa shape index (κ2) is 8.29. The number of nitrogens with one attached hydrogen (secondary N) is 1. The Labute approximate surface area is 131 Å². The van der Waals surface area contributed by atoms with Crippen LogP contribution < -0.4 is 10.1 Å². The second-order valence-electron chi connectivity index (χ2n) is 5.29. The smallest absolute Gasteiger partial charge is 0.326 e. The van der Waals surface area contributed by atoms with E-state index in [4.69, 9.17) is 9.47 Å². The van der Waals surface area contributed by atoms with Crippen molar-refractivity contribution < 1.29 is 14.3 Å². The molecule has 0 heterocycles. The van der Waals surface area contributed by atoms with Gasteiger partial charge in [0, 0.05) is 16.7 Å². The van der Waals surface area contributed by atoms with Crippen molar-refractivity contribution in [2.45, 2.75) is 44.2 Å². The number of thioether (sulfide) groups is 1. The summed E-state index contributed by atoms with van der Waals surface area (Å²) >= 11 is 1.59. The van der Waals surface area contributed by atoms with Gasteiger partial charge in [0.1, 0.15) is 11.3 Å². The largest absolute Gasteiger partial charge is 0.496 e. The van der Waals surface area contributed by atoms with E-state index < -0.39 is 5.54 Å². The summed E-state index contributed by atoms with van der Waals surface area (Å²) in [5, 5.41) is 3.31. The number of carbonyl (C=O) groups is 1. The first-order valence-corrected chi connectivity index (χ1v) is 8.12. The Morgan fingerprint density at radius 1 is 1.38 bits per heavy atom. The molecule has 1 N–H and O–H groups in total. The summed E-state index contributed by atoms with van der Waals surface area (Å²) in [6, 6.07) is 7.99. The van der Waals surface area contributed by atoms with Crippen LogP contribution in [0.4, 0.5) is 0 Å². The van der Waals surface area contributed by atoms with E-state index in [1.165, 1.54) is 0 Å². The lowest BCUT2D eigenvalue weighted by molar-refractivity contribution is -0.149. The molecule has 0 saturated heterocycles. The van der Waals surface area contributed by atoms with E-state index in [0.29, 0.717) is 12.4 Å². The van der Waals surface area contributed by atoms with Crippen LogP contribution >= 0.6 is 11.8 Å². The maximum Gasteiger partial charge on any atom is 0.326 e. The minimum atomic E-state index is -0.726. The van der Waals surface area contributed by atoms with Crippen molar-refractivity contribution in [2.24, 2.45) is 0 Å². The Morgan fingerprint density at radius 2 is 2.05 bits per heavy atom. The van der Waals surface area contributed by atoms with Gasteiger partial charge in [-0.3, -0.25) is 10.1 Å². The van der Waals surface area contributed by atoms with Crippen LogP contribution in [0.3, 0.4) is 0 Å². The van der Waals surface area contributed by atoms with Crippen molar-refractivity contribution in [2.75, 3.05) is 19.5 Å². The number of hydrogen-bond acceptors (Lipinski definition) is 5. The molecule has 0 aliphatic rings. The minimum Gasteiger partial charge on any atom is -0.496 e. The quantitative estimate of drug-likeness (QED) is 0.590. The number of rotatable bonds is 8. The first-order chi connectivity index (χ1) is 9.92. The average molecular weight is 311 g/mol. The van der Waals surface area contributed by atoms with Crippen LogP contribution in [-0.2, 0) is 9.53 Å². The highest BCUT2D eigenvalue weighted by molar-refractivity contribution is 7.99. The molecule has 0 saturated carbocycles. The van der Waals surface area contributed by atoms with Crippen LogP contribution in [-0.4, -0.2) is 37.0 Å². The number of carbonyl (C=O) groups excluding carboxylic acids is 1. The number of benzene rings is 1. The topological polar surface area (TPSA) is 47.6 Å². The van der Waals surface area contributed by atoms with Crippen molar-refractivity contribution in [1.29, 1.82) is 0 Å². The Hall–Kier alpha value is -1.20. The summed E-state index contributed by atoms with van der Waals surface area (Å²) in [5.41, 5.74) is -0.726. The number of methoxy groups -OCH3 is 1. The number of para-hydroxylation sites is 1. The summed E-state index contributed by atoms with van der Waals surface area (Å²) < 4.78 is 10.5. The lowest BCUT2D eigenvalue weighted by Crippen LogP contribution is -2.55. The summed E-state index contributed by atoms with van der Waals surface area (Å²) in [6.07, 6.45) is 0. The SMILES string of the molecule is CCOC(=O)C(C)(CSc1ccccc1OC)NC(C)C. The van der Waals surface area contributed by atoms with Gasteiger partial charge in [-0.1, -0.05) is 12.1 Å². The van der Waals surface area contributed by atoms with Crippen molar-refractivity contribution in [3.05, 3.63) is 24.3 Å². The standard InChI is InChI=1S/C16H25NO3S/c1-6-20-15(18)16(4,17-12(2)3)11-21-14-10-8-7-9-13(14)19-5/h7-10,12,17H,6,11H2,1-5H3. The molecule has 0 aromatic heterocycles. The Kier molecular flexibility index (Phi) is 7.05. The van der Waals surface area contributed by atoms with Gasteiger partial charge in [0.25, 0.3) is 0 Å². The molecule has 4 nitrogen and oxygen atoms in total. The summed E-state index contributed by atoms with van der Waals surface area (Å²) in [6.45, 7) is 8.12. The molecule has 1 unspecified atom stereocenters. The summed E-state index contributed by atoms with van der Waals surface area (Å²) in [7, 11) is 1.65. The highest BCUT2D eigenvalue weighted by atomic mass is 32.2. The molecule has 1 aromatic rings. The zero-order chi connectivity index (χ0) is 15.9. The maximum atomic E-state index is 12.2. The molecule has 0 aliphatic carbocycles. The van der Waals surface area contributed by atoms with Crippen LogP contribution in [0.1, 0.15) is 27.7 Å². The van der Waals surface area contributed by atoms with Gasteiger partial charge >= 0.3 is 5.97 Å². The predicted molar refractivity (Wildman–Crippen MR) is 87.0 cm³/mol. The van der Waals surface area contributed by atoms with Gasteiger partial charge in [-0.05, 0) is 39.8 Å². The molecule has 5 heteroatoms.